The number of nitrogens with zero attached hydrogens (tertiary/aromatic N) is 2. The standard InChI is InChI=1S/C22H15BrN2.C15H11BrO.C8H8O.C7H5BrO.C7H8N2.C2H6O.CH4.ClH.Na.H2O/c23-19-13-7-12-18(14-19)21-15-20(16-8-3-1-4-9-16)24-22(25-21)17-10-5-2-6-11-17;16-14-8-4-5-12(11-14)9-10-15(17)13-6-2-1-3-7-13;1-7(9)8-5-3-2-4-6-8;8-7-3-1-2-6(4-7)5-9;8-7(9)6-4-2-1-3-5-6;1-2-3;;;;/h1-15H;1-11H;2-6H,1H3;1-5H;1-5H,(H3,8,9);3H,2H2,1H3;1H4;1H;;1H2/q;;;;;;;;+1;/p-1/b;10-9+;;;;;;;;. The number of aldehydes is 1. The third-order valence-electron chi connectivity index (χ3n) is 9.53. The first-order chi connectivity index (χ1) is 34.9. The molecule has 1 aromatic heterocycles. The average molecular weight is 1240 g/mol. The van der Waals surface area contributed by atoms with E-state index in [0.717, 1.165) is 70.3 Å². The molecule has 0 atom stereocenters. The van der Waals surface area contributed by atoms with Crippen molar-refractivity contribution in [2.24, 2.45) is 5.73 Å². The normalized spacial score (nSPS) is 9.29. The fourth-order valence-electron chi connectivity index (χ4n) is 6.07. The number of amidine groups is 1. The van der Waals surface area contributed by atoms with Gasteiger partial charge >= 0.3 is 29.6 Å². The number of carbonyl (C=O) groups is 3. The molecule has 9 nitrogen and oxygen atoms in total. The Kier molecular flexibility index (Phi) is 36.7. The number of nitrogens with one attached hydrogen (secondary N) is 1. The monoisotopic (exact) mass is 1230 g/mol. The number of aromatic nitrogens is 2. The predicted octanol–water partition coefficient (Wildman–Crippen LogP) is 13.6. The maximum absolute atomic E-state index is 11.8. The van der Waals surface area contributed by atoms with Gasteiger partial charge < -0.3 is 16.3 Å². The van der Waals surface area contributed by atoms with Crippen molar-refractivity contribution in [1.82, 2.24) is 9.97 Å². The minimum atomic E-state index is 0. The second-order valence-electron chi connectivity index (χ2n) is 15.0. The quantitative estimate of drug-likeness (QED) is 0.0319. The summed E-state index contributed by atoms with van der Waals surface area (Å²) in [5.74, 6) is 0.994. The summed E-state index contributed by atoms with van der Waals surface area (Å²) >= 11 is 10.2. The zero-order valence-corrected chi connectivity index (χ0v) is 49.1. The first-order valence-corrected chi connectivity index (χ1v) is 24.8. The van der Waals surface area contributed by atoms with Gasteiger partial charge in [0.05, 0.1) is 11.4 Å². The summed E-state index contributed by atoms with van der Waals surface area (Å²) in [6.07, 6.45) is 4.24. The van der Waals surface area contributed by atoms with E-state index in [0.29, 0.717) is 11.1 Å². The minimum Gasteiger partial charge on any atom is -0.870 e. The van der Waals surface area contributed by atoms with Crippen LogP contribution in [-0.4, -0.2) is 50.8 Å². The SMILES string of the molecule is Brc1cccc(-c2cc(-c3ccccc3)nc(-c3ccccc3)n2)c1.C.CC(=O)c1ccccc1.CCO.Cl.N=C(N)c1ccccc1.O=C(/C=C/c1cccc(Br)c1)c1ccccc1.O=Cc1cccc(Br)c1.[Na+].[OH-]. The van der Waals surface area contributed by atoms with E-state index in [9.17, 15) is 14.4 Å². The van der Waals surface area contributed by atoms with Crippen LogP contribution in [0.15, 0.2) is 250 Å². The summed E-state index contributed by atoms with van der Waals surface area (Å²) in [6, 6.07) is 73.3. The number of benzene rings is 8. The number of aliphatic hydroxyl groups is 1. The van der Waals surface area contributed by atoms with E-state index in [1.165, 1.54) is 0 Å². The summed E-state index contributed by atoms with van der Waals surface area (Å²) in [6.45, 7) is 3.50. The van der Waals surface area contributed by atoms with Crippen LogP contribution in [0.5, 0.6) is 0 Å². The number of aliphatic hydroxyl groups excluding tert-OH is 1. The molecule has 0 aliphatic rings. The summed E-state index contributed by atoms with van der Waals surface area (Å²) in [4.78, 5) is 42.2. The number of nitrogen functional groups attached to an aromatic ring is 1. The molecule has 9 aromatic rings. The van der Waals surface area contributed by atoms with Gasteiger partial charge in [0.1, 0.15) is 12.1 Å². The van der Waals surface area contributed by atoms with Gasteiger partial charge in [0.25, 0.3) is 0 Å². The molecule has 1 heterocycles. The number of halogens is 4. The molecule has 0 unspecified atom stereocenters. The van der Waals surface area contributed by atoms with Gasteiger partial charge in [-0.3, -0.25) is 19.8 Å². The fourth-order valence-corrected chi connectivity index (χ4v) is 7.30. The molecule has 0 saturated heterocycles. The number of rotatable bonds is 9. The van der Waals surface area contributed by atoms with Crippen molar-refractivity contribution in [2.45, 2.75) is 21.3 Å². The minimum absolute atomic E-state index is 0. The van der Waals surface area contributed by atoms with Crippen LogP contribution in [0.2, 0.25) is 0 Å². The number of allylic oxidation sites excluding steroid dienone is 1. The zero-order valence-electron chi connectivity index (χ0n) is 41.5. The average Bonchev–Trinajstić information content (AvgIpc) is 3.42. The van der Waals surface area contributed by atoms with Gasteiger partial charge in [-0.25, -0.2) is 9.97 Å². The molecule has 8 aromatic carbocycles. The molecule has 0 aliphatic heterocycles. The number of carbonyl (C=O) groups excluding carboxylic acids is 3. The van der Waals surface area contributed by atoms with E-state index >= 15 is 0 Å². The molecular formula is C62H59Br3ClN4NaO5. The molecule has 5 N–H and O–H groups in total. The van der Waals surface area contributed by atoms with E-state index in [1.54, 1.807) is 32.1 Å². The zero-order chi connectivity index (χ0) is 51.9. The number of hydrogen-bond acceptors (Lipinski definition) is 8. The topological polar surface area (TPSA) is 177 Å². The molecule has 386 valence electrons. The van der Waals surface area contributed by atoms with Crippen LogP contribution < -0.4 is 35.3 Å². The van der Waals surface area contributed by atoms with Gasteiger partial charge in [0.2, 0.25) is 0 Å². The number of hydrogen-bond donors (Lipinski definition) is 3. The molecule has 14 heteroatoms. The Morgan fingerprint density at radius 3 is 1.30 bits per heavy atom. The third kappa shape index (κ3) is 26.5. The summed E-state index contributed by atoms with van der Waals surface area (Å²) < 4.78 is 2.98. The Balaban J connectivity index is 0.000000963. The smallest absolute Gasteiger partial charge is 0.870 e. The Labute approximate surface area is 500 Å². The first kappa shape index (κ1) is 69.7. The van der Waals surface area contributed by atoms with Crippen LogP contribution >= 0.6 is 60.2 Å². The maximum atomic E-state index is 11.8. The second kappa shape index (κ2) is 40.0. The Morgan fingerprint density at radius 2 is 0.908 bits per heavy atom. The number of ketones is 2. The molecule has 9 rings (SSSR count). The van der Waals surface area contributed by atoms with E-state index in [1.807, 2.05) is 200 Å². The van der Waals surface area contributed by atoms with Crippen molar-refractivity contribution < 1.29 is 54.5 Å². The molecule has 0 spiro atoms. The van der Waals surface area contributed by atoms with Crippen LogP contribution in [0.4, 0.5) is 0 Å². The molecule has 0 aliphatic carbocycles. The second-order valence-corrected chi connectivity index (χ2v) is 17.8. The molecule has 0 saturated carbocycles. The van der Waals surface area contributed by atoms with E-state index < -0.39 is 0 Å². The molecule has 76 heavy (non-hydrogen) atoms. The summed E-state index contributed by atoms with van der Waals surface area (Å²) in [5, 5.41) is 14.6. The number of Topliss-reactive ketones (excluding diaryl/α,β-unsaturated/α-hetero) is 1. The van der Waals surface area contributed by atoms with Crippen molar-refractivity contribution in [3.63, 3.8) is 0 Å². The maximum Gasteiger partial charge on any atom is 1.00 e. The van der Waals surface area contributed by atoms with E-state index in [2.05, 4.69) is 72.1 Å². The van der Waals surface area contributed by atoms with Gasteiger partial charge in [0, 0.05) is 59.0 Å². The molecule has 0 fully saturated rings. The molecular weight excluding hydrogens is 1180 g/mol. The Hall–Kier alpha value is -6.29. The van der Waals surface area contributed by atoms with Crippen LogP contribution in [0, 0.1) is 5.41 Å². The van der Waals surface area contributed by atoms with E-state index in [-0.39, 0.29) is 78.9 Å². The van der Waals surface area contributed by atoms with Crippen molar-refractivity contribution >= 4 is 90.0 Å². The molecule has 0 radical (unpaired) electrons. The Bertz CT molecular complexity index is 3000. The van der Waals surface area contributed by atoms with E-state index in [4.69, 9.17) is 26.2 Å². The van der Waals surface area contributed by atoms with Crippen LogP contribution in [0.25, 0.3) is 40.0 Å². The van der Waals surface area contributed by atoms with Crippen LogP contribution in [0.1, 0.15) is 63.5 Å². The van der Waals surface area contributed by atoms with Gasteiger partial charge in [-0.1, -0.05) is 249 Å². The third-order valence-corrected chi connectivity index (χ3v) is 11.0. The van der Waals surface area contributed by atoms with Gasteiger partial charge in [-0.05, 0) is 68.0 Å². The number of nitrogens with two attached hydrogens (primary N) is 1. The molecule has 0 amide bonds. The molecule has 0 bridgehead atoms. The van der Waals surface area contributed by atoms with Gasteiger partial charge in [0.15, 0.2) is 17.4 Å². The predicted molar refractivity (Wildman–Crippen MR) is 322 cm³/mol. The largest absolute Gasteiger partial charge is 1.00 e. The van der Waals surface area contributed by atoms with Crippen molar-refractivity contribution in [1.29, 1.82) is 5.41 Å². The van der Waals surface area contributed by atoms with Crippen molar-refractivity contribution in [3.05, 3.63) is 278 Å². The van der Waals surface area contributed by atoms with Crippen molar-refractivity contribution in [2.75, 3.05) is 6.61 Å². The fraction of sp³-hybridized carbons (Fsp3) is 0.0645. The first-order valence-electron chi connectivity index (χ1n) is 22.5. The van der Waals surface area contributed by atoms with Gasteiger partial charge in [-0.2, -0.15) is 0 Å². The summed E-state index contributed by atoms with van der Waals surface area (Å²) in [7, 11) is 0. The van der Waals surface area contributed by atoms with Crippen LogP contribution in [-0.2, 0) is 0 Å². The summed E-state index contributed by atoms with van der Waals surface area (Å²) in [5.41, 5.74) is 14.1. The Morgan fingerprint density at radius 1 is 0.539 bits per heavy atom. The van der Waals surface area contributed by atoms with Crippen LogP contribution in [0.3, 0.4) is 0 Å². The van der Waals surface area contributed by atoms with Gasteiger partial charge in [-0.15, -0.1) is 12.4 Å². The van der Waals surface area contributed by atoms with Crippen molar-refractivity contribution in [3.8, 4) is 33.9 Å².